The van der Waals surface area contributed by atoms with Crippen molar-refractivity contribution in [3.8, 4) is 11.5 Å². The molecule has 7 heteroatoms. The van der Waals surface area contributed by atoms with Crippen molar-refractivity contribution in [1.29, 1.82) is 0 Å². The third kappa shape index (κ3) is 8.08. The number of ether oxygens (including phenoxy) is 2. The van der Waals surface area contributed by atoms with E-state index in [2.05, 4.69) is 5.32 Å². The first-order chi connectivity index (χ1) is 21.5. The van der Waals surface area contributed by atoms with Crippen LogP contribution >= 0.6 is 11.8 Å². The van der Waals surface area contributed by atoms with Crippen LogP contribution in [0.25, 0.3) is 0 Å². The SMILES string of the molecule is CCOC(=O)Cc1ccc(Sc2cccc(NC(=O)N(c3ccccc3Oc3ccccc3)C(C)c3ccccc3)c2)cc1. The summed E-state index contributed by atoms with van der Waals surface area (Å²) in [7, 11) is 0. The summed E-state index contributed by atoms with van der Waals surface area (Å²) < 4.78 is 11.3. The molecule has 6 nitrogen and oxygen atoms in total. The fourth-order valence-corrected chi connectivity index (χ4v) is 5.62. The minimum Gasteiger partial charge on any atom is -0.466 e. The summed E-state index contributed by atoms with van der Waals surface area (Å²) in [6.45, 7) is 4.18. The molecule has 0 aliphatic carbocycles. The third-order valence-electron chi connectivity index (χ3n) is 6.88. The summed E-state index contributed by atoms with van der Waals surface area (Å²) in [5.74, 6) is 1.03. The van der Waals surface area contributed by atoms with Crippen molar-refractivity contribution >= 4 is 35.1 Å². The topological polar surface area (TPSA) is 67.9 Å². The molecule has 0 spiro atoms. The van der Waals surface area contributed by atoms with Gasteiger partial charge in [0, 0.05) is 15.5 Å². The highest BCUT2D eigenvalue weighted by Gasteiger charge is 2.26. The van der Waals surface area contributed by atoms with Crippen LogP contribution in [0.4, 0.5) is 16.2 Å². The van der Waals surface area contributed by atoms with Gasteiger partial charge in [-0.1, -0.05) is 90.6 Å². The number of para-hydroxylation sites is 3. The molecule has 0 radical (unpaired) electrons. The van der Waals surface area contributed by atoms with Crippen LogP contribution in [-0.4, -0.2) is 18.6 Å². The predicted molar refractivity (Wildman–Crippen MR) is 177 cm³/mol. The number of carbonyl (C=O) groups is 2. The van der Waals surface area contributed by atoms with E-state index in [-0.39, 0.29) is 24.5 Å². The number of anilines is 2. The number of esters is 1. The zero-order chi connectivity index (χ0) is 30.7. The van der Waals surface area contributed by atoms with Crippen molar-refractivity contribution in [2.45, 2.75) is 36.1 Å². The van der Waals surface area contributed by atoms with Gasteiger partial charge in [-0.3, -0.25) is 9.69 Å². The normalized spacial score (nSPS) is 11.3. The van der Waals surface area contributed by atoms with Gasteiger partial charge in [0.1, 0.15) is 5.75 Å². The number of nitrogens with one attached hydrogen (secondary N) is 1. The van der Waals surface area contributed by atoms with Crippen LogP contribution in [0, 0.1) is 0 Å². The number of benzene rings is 5. The Morgan fingerprint density at radius 2 is 1.45 bits per heavy atom. The number of amides is 2. The van der Waals surface area contributed by atoms with Crippen LogP contribution in [0.2, 0.25) is 0 Å². The van der Waals surface area contributed by atoms with Crippen molar-refractivity contribution in [2.75, 3.05) is 16.8 Å². The minimum atomic E-state index is -0.289. The number of hydrogen-bond acceptors (Lipinski definition) is 5. The van der Waals surface area contributed by atoms with Gasteiger partial charge in [-0.25, -0.2) is 4.79 Å². The van der Waals surface area contributed by atoms with E-state index in [1.165, 1.54) is 0 Å². The molecule has 222 valence electrons. The molecule has 0 fully saturated rings. The van der Waals surface area contributed by atoms with Crippen LogP contribution < -0.4 is 15.0 Å². The maximum absolute atomic E-state index is 14.1. The van der Waals surface area contributed by atoms with Crippen molar-refractivity contribution in [2.24, 2.45) is 0 Å². The molecule has 0 bridgehead atoms. The Bertz CT molecular complexity index is 1680. The number of carbonyl (C=O) groups excluding carboxylic acids is 2. The first-order valence-corrected chi connectivity index (χ1v) is 15.3. The Morgan fingerprint density at radius 1 is 0.773 bits per heavy atom. The van der Waals surface area contributed by atoms with E-state index in [9.17, 15) is 9.59 Å². The van der Waals surface area contributed by atoms with Crippen LogP contribution in [0.1, 0.15) is 31.0 Å². The number of urea groups is 1. The van der Waals surface area contributed by atoms with E-state index in [4.69, 9.17) is 9.47 Å². The molecule has 1 atom stereocenters. The summed E-state index contributed by atoms with van der Waals surface area (Å²) >= 11 is 1.58. The zero-order valence-corrected chi connectivity index (χ0v) is 25.5. The van der Waals surface area contributed by atoms with Crippen LogP contribution in [0.5, 0.6) is 11.5 Å². The monoisotopic (exact) mass is 602 g/mol. The zero-order valence-electron chi connectivity index (χ0n) is 24.7. The lowest BCUT2D eigenvalue weighted by atomic mass is 10.1. The molecule has 5 rings (SSSR count). The Balaban J connectivity index is 1.37. The highest BCUT2D eigenvalue weighted by molar-refractivity contribution is 7.99. The second-order valence-corrected chi connectivity index (χ2v) is 11.2. The summed E-state index contributed by atoms with van der Waals surface area (Å²) in [6, 6.07) is 42.1. The van der Waals surface area contributed by atoms with E-state index >= 15 is 0 Å². The molecule has 0 aliphatic heterocycles. The summed E-state index contributed by atoms with van der Waals surface area (Å²) in [4.78, 5) is 29.6. The molecule has 0 heterocycles. The average Bonchev–Trinajstić information content (AvgIpc) is 3.04. The highest BCUT2D eigenvalue weighted by atomic mass is 32.2. The van der Waals surface area contributed by atoms with Gasteiger partial charge in [0.15, 0.2) is 5.75 Å². The van der Waals surface area contributed by atoms with Gasteiger partial charge in [-0.05, 0) is 79.6 Å². The predicted octanol–water partition coefficient (Wildman–Crippen LogP) is 9.54. The van der Waals surface area contributed by atoms with Crippen LogP contribution in [-0.2, 0) is 16.0 Å². The van der Waals surface area contributed by atoms with Crippen molar-refractivity contribution in [3.05, 3.63) is 145 Å². The molecule has 5 aromatic carbocycles. The largest absolute Gasteiger partial charge is 0.466 e. The van der Waals surface area contributed by atoms with Gasteiger partial charge in [-0.15, -0.1) is 0 Å². The number of hydrogen-bond donors (Lipinski definition) is 1. The molecule has 1 N–H and O–H groups in total. The lowest BCUT2D eigenvalue weighted by Crippen LogP contribution is -2.37. The maximum Gasteiger partial charge on any atom is 0.327 e. The second kappa shape index (κ2) is 14.9. The standard InChI is InChI=1S/C37H34N2O4S/c1-3-42-36(40)25-28-21-23-32(24-22-28)44-33-18-12-15-30(26-33)38-37(41)39(27(2)29-13-6-4-7-14-29)34-19-10-11-20-35(34)43-31-16-8-5-9-17-31/h4-24,26-27H,3,25H2,1-2H3,(H,38,41). The Kier molecular flexibility index (Phi) is 10.3. The van der Waals surface area contributed by atoms with Crippen molar-refractivity contribution < 1.29 is 19.1 Å². The van der Waals surface area contributed by atoms with Crippen molar-refractivity contribution in [3.63, 3.8) is 0 Å². The minimum absolute atomic E-state index is 0.235. The molecular formula is C37H34N2O4S. The second-order valence-electron chi connectivity index (χ2n) is 10.0. The molecule has 2 amide bonds. The summed E-state index contributed by atoms with van der Waals surface area (Å²) in [6.07, 6.45) is 0.248. The van der Waals surface area contributed by atoms with Gasteiger partial charge in [0.2, 0.25) is 0 Å². The van der Waals surface area contributed by atoms with E-state index in [1.54, 1.807) is 23.6 Å². The first-order valence-electron chi connectivity index (χ1n) is 14.5. The number of rotatable bonds is 11. The van der Waals surface area contributed by atoms with Crippen LogP contribution in [0.3, 0.4) is 0 Å². The molecule has 0 aliphatic rings. The van der Waals surface area contributed by atoms with Gasteiger partial charge in [0.25, 0.3) is 0 Å². The van der Waals surface area contributed by atoms with Crippen LogP contribution in [0.15, 0.2) is 143 Å². The third-order valence-corrected chi connectivity index (χ3v) is 7.88. The van der Waals surface area contributed by atoms with Gasteiger partial charge >= 0.3 is 12.0 Å². The fraction of sp³-hybridized carbons (Fsp3) is 0.135. The highest BCUT2D eigenvalue weighted by Crippen LogP contribution is 2.38. The molecular weight excluding hydrogens is 568 g/mol. The van der Waals surface area contributed by atoms with E-state index < -0.39 is 0 Å². The number of nitrogens with zero attached hydrogens (tertiary/aromatic N) is 1. The van der Waals surface area contributed by atoms with Gasteiger partial charge < -0.3 is 14.8 Å². The average molecular weight is 603 g/mol. The first kappa shape index (κ1) is 30.4. The fourth-order valence-electron chi connectivity index (χ4n) is 4.74. The maximum atomic E-state index is 14.1. The Morgan fingerprint density at radius 3 is 2.18 bits per heavy atom. The lowest BCUT2D eigenvalue weighted by molar-refractivity contribution is -0.142. The van der Waals surface area contributed by atoms with Crippen molar-refractivity contribution in [1.82, 2.24) is 0 Å². The van der Waals surface area contributed by atoms with E-state index in [1.807, 2.05) is 140 Å². The quantitative estimate of drug-likeness (QED) is 0.153. The van der Waals surface area contributed by atoms with E-state index in [0.717, 1.165) is 20.9 Å². The molecule has 0 aromatic heterocycles. The Hall–Kier alpha value is -5.01. The smallest absolute Gasteiger partial charge is 0.327 e. The molecule has 5 aromatic rings. The summed E-state index contributed by atoms with van der Waals surface area (Å²) in [5, 5.41) is 3.12. The Labute approximate surface area is 262 Å². The molecule has 1 unspecified atom stereocenters. The molecule has 0 saturated heterocycles. The van der Waals surface area contributed by atoms with Gasteiger partial charge in [-0.2, -0.15) is 0 Å². The summed E-state index contributed by atoms with van der Waals surface area (Å²) in [5.41, 5.74) is 3.22. The van der Waals surface area contributed by atoms with Gasteiger partial charge in [0.05, 0.1) is 24.8 Å². The van der Waals surface area contributed by atoms with E-state index in [0.29, 0.717) is 29.5 Å². The lowest BCUT2D eigenvalue weighted by Gasteiger charge is -2.31. The molecule has 0 saturated carbocycles. The molecule has 44 heavy (non-hydrogen) atoms.